The summed E-state index contributed by atoms with van der Waals surface area (Å²) in [5.41, 5.74) is 0. The number of hydrogen-bond donors (Lipinski definition) is 1. The molecule has 0 radical (unpaired) electrons. The lowest BCUT2D eigenvalue weighted by Gasteiger charge is -2.23. The van der Waals surface area contributed by atoms with E-state index in [1.54, 1.807) is 19.0 Å². The number of likely N-dealkylation sites (N-methyl/N-ethyl adjacent to an activating group) is 1. The van der Waals surface area contributed by atoms with Crippen molar-refractivity contribution in [1.82, 2.24) is 15.1 Å². The molecule has 0 spiro atoms. The van der Waals surface area contributed by atoms with Crippen LogP contribution in [0.15, 0.2) is 0 Å². The molecule has 0 aromatic heterocycles. The van der Waals surface area contributed by atoms with Crippen LogP contribution in [0.4, 0.5) is 0 Å². The molecular weight excluding hydrogens is 314 g/mol. The van der Waals surface area contributed by atoms with Gasteiger partial charge in [-0.2, -0.15) is 0 Å². The first-order chi connectivity index (χ1) is 11.4. The second kappa shape index (κ2) is 8.12. The lowest BCUT2D eigenvalue weighted by molar-refractivity contribution is -0.152. The smallest absolute Gasteiger partial charge is 0.311 e. The third-order valence-corrected chi connectivity index (χ3v) is 4.54. The van der Waals surface area contributed by atoms with Gasteiger partial charge in [0.2, 0.25) is 11.8 Å². The lowest BCUT2D eigenvalue weighted by Crippen LogP contribution is -2.38. The fraction of sp³-hybridized carbons (Fsp3) is 0.750. The van der Waals surface area contributed by atoms with Gasteiger partial charge in [-0.3, -0.25) is 19.2 Å². The normalized spacial score (nSPS) is 21.0. The largest absolute Gasteiger partial charge is 0.455 e. The van der Waals surface area contributed by atoms with Gasteiger partial charge in [0, 0.05) is 33.1 Å². The van der Waals surface area contributed by atoms with Crippen molar-refractivity contribution in [3.05, 3.63) is 0 Å². The van der Waals surface area contributed by atoms with Gasteiger partial charge in [0.05, 0.1) is 12.5 Å². The molecule has 1 N–H and O–H groups in total. The van der Waals surface area contributed by atoms with Gasteiger partial charge in [-0.15, -0.1) is 0 Å². The zero-order chi connectivity index (χ0) is 17.7. The van der Waals surface area contributed by atoms with E-state index in [-0.39, 0.29) is 30.8 Å². The number of esters is 1. The van der Waals surface area contributed by atoms with E-state index in [2.05, 4.69) is 5.32 Å². The lowest BCUT2D eigenvalue weighted by atomic mass is 10.1. The molecule has 1 saturated carbocycles. The Kier molecular flexibility index (Phi) is 6.16. The van der Waals surface area contributed by atoms with Crippen LogP contribution < -0.4 is 5.32 Å². The Morgan fingerprint density at radius 3 is 2.54 bits per heavy atom. The highest BCUT2D eigenvalue weighted by Gasteiger charge is 2.39. The third-order valence-electron chi connectivity index (χ3n) is 4.54. The summed E-state index contributed by atoms with van der Waals surface area (Å²) in [6.07, 6.45) is 4.38. The average Bonchev–Trinajstić information content (AvgIpc) is 3.19. The summed E-state index contributed by atoms with van der Waals surface area (Å²) in [5, 5.41) is 2.39. The van der Waals surface area contributed by atoms with Crippen LogP contribution in [0.1, 0.15) is 32.1 Å². The van der Waals surface area contributed by atoms with Crippen molar-refractivity contribution >= 4 is 23.7 Å². The molecular formula is C16H25N3O5. The van der Waals surface area contributed by atoms with E-state index < -0.39 is 24.4 Å². The van der Waals surface area contributed by atoms with Crippen molar-refractivity contribution in [3.8, 4) is 0 Å². The van der Waals surface area contributed by atoms with Crippen LogP contribution in [0.2, 0.25) is 0 Å². The predicted octanol–water partition coefficient (Wildman–Crippen LogP) is -0.475. The Hall–Kier alpha value is -2.12. The first-order valence-corrected chi connectivity index (χ1v) is 8.31. The van der Waals surface area contributed by atoms with Crippen LogP contribution >= 0.6 is 0 Å². The van der Waals surface area contributed by atoms with Crippen molar-refractivity contribution in [2.45, 2.75) is 38.1 Å². The van der Waals surface area contributed by atoms with Crippen LogP contribution in [-0.2, 0) is 23.9 Å². The number of carbonyl (C=O) groups excluding carboxylic acids is 4. The summed E-state index contributed by atoms with van der Waals surface area (Å²) in [4.78, 5) is 50.2. The zero-order valence-electron chi connectivity index (χ0n) is 14.2. The number of carbonyl (C=O) groups is 4. The highest BCUT2D eigenvalue weighted by molar-refractivity contribution is 5.89. The van der Waals surface area contributed by atoms with Crippen molar-refractivity contribution in [2.75, 3.05) is 33.8 Å². The SMILES string of the molecule is CN(C)C(=O)CNC(=O)COC(=O)[C@@H]1CC(=O)N(C2CCCC2)C1. The van der Waals surface area contributed by atoms with Crippen LogP contribution in [0.25, 0.3) is 0 Å². The van der Waals surface area contributed by atoms with Gasteiger partial charge in [0.1, 0.15) is 0 Å². The fourth-order valence-electron chi connectivity index (χ4n) is 3.10. The molecule has 2 aliphatic rings. The molecule has 1 aliphatic heterocycles. The van der Waals surface area contributed by atoms with Crippen LogP contribution in [0, 0.1) is 5.92 Å². The Balaban J connectivity index is 1.72. The van der Waals surface area contributed by atoms with Crippen molar-refractivity contribution in [3.63, 3.8) is 0 Å². The molecule has 24 heavy (non-hydrogen) atoms. The maximum Gasteiger partial charge on any atom is 0.311 e. The monoisotopic (exact) mass is 339 g/mol. The molecule has 0 aromatic carbocycles. The summed E-state index contributed by atoms with van der Waals surface area (Å²) in [6.45, 7) is -0.197. The van der Waals surface area contributed by atoms with Gasteiger partial charge >= 0.3 is 5.97 Å². The highest BCUT2D eigenvalue weighted by atomic mass is 16.5. The Morgan fingerprint density at radius 1 is 1.25 bits per heavy atom. The fourth-order valence-corrected chi connectivity index (χ4v) is 3.10. The van der Waals surface area contributed by atoms with Crippen molar-refractivity contribution in [2.24, 2.45) is 5.92 Å². The molecule has 1 aliphatic carbocycles. The molecule has 1 heterocycles. The van der Waals surface area contributed by atoms with Gasteiger partial charge in [-0.1, -0.05) is 12.8 Å². The Morgan fingerprint density at radius 2 is 1.92 bits per heavy atom. The second-order valence-electron chi connectivity index (χ2n) is 6.56. The number of rotatable bonds is 6. The second-order valence-corrected chi connectivity index (χ2v) is 6.56. The average molecular weight is 339 g/mol. The molecule has 2 rings (SSSR count). The molecule has 8 nitrogen and oxygen atoms in total. The number of nitrogens with one attached hydrogen (secondary N) is 1. The minimum Gasteiger partial charge on any atom is -0.455 e. The molecule has 0 unspecified atom stereocenters. The van der Waals surface area contributed by atoms with Gasteiger partial charge in [0.15, 0.2) is 6.61 Å². The summed E-state index contributed by atoms with van der Waals surface area (Å²) >= 11 is 0. The number of ether oxygens (including phenoxy) is 1. The number of amides is 3. The maximum atomic E-state index is 12.1. The van der Waals surface area contributed by atoms with E-state index in [0.717, 1.165) is 25.7 Å². The van der Waals surface area contributed by atoms with E-state index in [1.807, 2.05) is 0 Å². The Labute approximate surface area is 141 Å². The van der Waals surface area contributed by atoms with E-state index in [9.17, 15) is 19.2 Å². The van der Waals surface area contributed by atoms with Crippen LogP contribution in [0.3, 0.4) is 0 Å². The molecule has 3 amide bonds. The number of likely N-dealkylation sites (tertiary alicyclic amines) is 1. The standard InChI is InChI=1S/C16H25N3O5/c1-18(2)15(22)8-17-13(20)10-24-16(23)11-7-14(21)19(9-11)12-5-3-4-6-12/h11-12H,3-10H2,1-2H3,(H,17,20)/t11-/m1/s1. The molecule has 2 fully saturated rings. The predicted molar refractivity (Wildman–Crippen MR) is 84.7 cm³/mol. The van der Waals surface area contributed by atoms with E-state index in [0.29, 0.717) is 6.54 Å². The minimum absolute atomic E-state index is 0.00937. The van der Waals surface area contributed by atoms with E-state index in [1.165, 1.54) is 4.90 Å². The van der Waals surface area contributed by atoms with Crippen LogP contribution in [0.5, 0.6) is 0 Å². The topological polar surface area (TPSA) is 96.0 Å². The first kappa shape index (κ1) is 18.2. The van der Waals surface area contributed by atoms with E-state index >= 15 is 0 Å². The molecule has 0 aromatic rings. The molecule has 1 saturated heterocycles. The summed E-state index contributed by atoms with van der Waals surface area (Å²) < 4.78 is 4.99. The quantitative estimate of drug-likeness (QED) is 0.660. The minimum atomic E-state index is -0.532. The Bertz CT molecular complexity index is 514. The zero-order valence-corrected chi connectivity index (χ0v) is 14.2. The van der Waals surface area contributed by atoms with E-state index in [4.69, 9.17) is 4.74 Å². The van der Waals surface area contributed by atoms with Crippen molar-refractivity contribution < 1.29 is 23.9 Å². The molecule has 1 atom stereocenters. The number of hydrogen-bond acceptors (Lipinski definition) is 5. The van der Waals surface area contributed by atoms with Gasteiger partial charge in [-0.05, 0) is 12.8 Å². The first-order valence-electron chi connectivity index (χ1n) is 8.31. The van der Waals surface area contributed by atoms with Gasteiger partial charge < -0.3 is 19.9 Å². The summed E-state index contributed by atoms with van der Waals surface area (Å²) in [7, 11) is 3.17. The summed E-state index contributed by atoms with van der Waals surface area (Å²) in [5.74, 6) is -1.82. The molecule has 0 bridgehead atoms. The highest BCUT2D eigenvalue weighted by Crippen LogP contribution is 2.29. The number of nitrogens with zero attached hydrogens (tertiary/aromatic N) is 2. The molecule has 134 valence electrons. The van der Waals surface area contributed by atoms with Gasteiger partial charge in [0.25, 0.3) is 5.91 Å². The van der Waals surface area contributed by atoms with Crippen LogP contribution in [-0.4, -0.2) is 73.3 Å². The van der Waals surface area contributed by atoms with Crippen molar-refractivity contribution in [1.29, 1.82) is 0 Å². The maximum absolute atomic E-state index is 12.1. The molecule has 8 heteroatoms. The van der Waals surface area contributed by atoms with Gasteiger partial charge in [-0.25, -0.2) is 0 Å². The third kappa shape index (κ3) is 4.69. The summed E-state index contributed by atoms with van der Waals surface area (Å²) in [6, 6.07) is 0.246.